The normalized spacial score (nSPS) is 34.9. The third-order valence-electron chi connectivity index (χ3n) is 4.83. The van der Waals surface area contributed by atoms with Crippen LogP contribution in [-0.4, -0.2) is 58.8 Å². The lowest BCUT2D eigenvalue weighted by molar-refractivity contribution is -0.0491. The maximum Gasteiger partial charge on any atom is 0.0768 e. The zero-order valence-electron chi connectivity index (χ0n) is 11.8. The van der Waals surface area contributed by atoms with Gasteiger partial charge >= 0.3 is 0 Å². The van der Waals surface area contributed by atoms with E-state index in [1.807, 2.05) is 6.92 Å². The first-order chi connectivity index (χ1) is 7.90. The summed E-state index contributed by atoms with van der Waals surface area (Å²) in [5.41, 5.74) is -0.560. The Balaban J connectivity index is 1.97. The SMILES string of the molecule is CC1CN2CCCC2CN1CC(C)(O)C(C)C. The van der Waals surface area contributed by atoms with Gasteiger partial charge in [0.05, 0.1) is 5.60 Å². The van der Waals surface area contributed by atoms with Gasteiger partial charge in [-0.1, -0.05) is 13.8 Å². The van der Waals surface area contributed by atoms with Gasteiger partial charge in [-0.15, -0.1) is 0 Å². The minimum atomic E-state index is -0.560. The lowest BCUT2D eigenvalue weighted by Gasteiger charge is -2.45. The monoisotopic (exact) mass is 240 g/mol. The standard InChI is InChI=1S/C14H28N2O/c1-11(2)14(4,17)10-16-9-13-6-5-7-15(13)8-12(16)3/h11-13,17H,5-10H2,1-4H3. The molecule has 0 bridgehead atoms. The van der Waals surface area contributed by atoms with Gasteiger partial charge in [0.25, 0.3) is 0 Å². The molecule has 2 aliphatic rings. The molecule has 0 saturated carbocycles. The van der Waals surface area contributed by atoms with E-state index in [9.17, 15) is 5.11 Å². The third kappa shape index (κ3) is 2.83. The summed E-state index contributed by atoms with van der Waals surface area (Å²) in [5.74, 6) is 0.316. The number of β-amino-alcohol motifs (C(OH)–C–C–N with tert-alkyl or cyclic N) is 1. The van der Waals surface area contributed by atoms with Crippen LogP contribution < -0.4 is 0 Å². The molecule has 2 heterocycles. The van der Waals surface area contributed by atoms with Crippen molar-refractivity contribution in [1.82, 2.24) is 9.80 Å². The van der Waals surface area contributed by atoms with E-state index in [0.29, 0.717) is 12.0 Å². The molecule has 0 amide bonds. The van der Waals surface area contributed by atoms with Gasteiger partial charge in [0, 0.05) is 31.7 Å². The van der Waals surface area contributed by atoms with Crippen LogP contribution in [0.15, 0.2) is 0 Å². The lowest BCUT2D eigenvalue weighted by atomic mass is 9.91. The summed E-state index contributed by atoms with van der Waals surface area (Å²) in [6.07, 6.45) is 2.69. The predicted molar refractivity (Wildman–Crippen MR) is 71.1 cm³/mol. The first-order valence-electron chi connectivity index (χ1n) is 7.10. The van der Waals surface area contributed by atoms with Crippen LogP contribution >= 0.6 is 0 Å². The minimum Gasteiger partial charge on any atom is -0.389 e. The Morgan fingerprint density at radius 3 is 2.71 bits per heavy atom. The number of rotatable bonds is 3. The summed E-state index contributed by atoms with van der Waals surface area (Å²) >= 11 is 0. The predicted octanol–water partition coefficient (Wildman–Crippen LogP) is 1.56. The van der Waals surface area contributed by atoms with E-state index in [2.05, 4.69) is 30.6 Å². The van der Waals surface area contributed by atoms with Crippen LogP contribution in [0.3, 0.4) is 0 Å². The highest BCUT2D eigenvalue weighted by Crippen LogP contribution is 2.27. The molecular formula is C14H28N2O. The van der Waals surface area contributed by atoms with E-state index in [1.54, 1.807) is 0 Å². The highest BCUT2D eigenvalue weighted by molar-refractivity contribution is 4.93. The van der Waals surface area contributed by atoms with Crippen LogP contribution in [0, 0.1) is 5.92 Å². The minimum absolute atomic E-state index is 0.316. The molecule has 0 aromatic heterocycles. The van der Waals surface area contributed by atoms with Gasteiger partial charge in [0.2, 0.25) is 0 Å². The average Bonchev–Trinajstić information content (AvgIpc) is 2.64. The average molecular weight is 240 g/mol. The maximum absolute atomic E-state index is 10.4. The Labute approximate surface area is 106 Å². The summed E-state index contributed by atoms with van der Waals surface area (Å²) in [7, 11) is 0. The molecule has 2 fully saturated rings. The molecule has 0 spiro atoms. The molecule has 2 saturated heterocycles. The molecule has 2 rings (SSSR count). The number of aliphatic hydroxyl groups is 1. The fraction of sp³-hybridized carbons (Fsp3) is 1.00. The fourth-order valence-electron chi connectivity index (χ4n) is 3.06. The van der Waals surface area contributed by atoms with Crippen molar-refractivity contribution < 1.29 is 5.11 Å². The van der Waals surface area contributed by atoms with Crippen molar-refractivity contribution in [3.63, 3.8) is 0 Å². The van der Waals surface area contributed by atoms with E-state index in [1.165, 1.54) is 25.9 Å². The second kappa shape index (κ2) is 4.87. The van der Waals surface area contributed by atoms with Gasteiger partial charge in [0.15, 0.2) is 0 Å². The molecule has 0 radical (unpaired) electrons. The smallest absolute Gasteiger partial charge is 0.0768 e. The van der Waals surface area contributed by atoms with Crippen molar-refractivity contribution >= 4 is 0 Å². The Hall–Kier alpha value is -0.120. The van der Waals surface area contributed by atoms with Crippen molar-refractivity contribution in [2.75, 3.05) is 26.2 Å². The molecule has 2 aliphatic heterocycles. The first kappa shape index (κ1) is 13.3. The van der Waals surface area contributed by atoms with E-state index >= 15 is 0 Å². The molecule has 1 N–H and O–H groups in total. The van der Waals surface area contributed by atoms with Crippen LogP contribution in [0.4, 0.5) is 0 Å². The van der Waals surface area contributed by atoms with Crippen LogP contribution in [0.2, 0.25) is 0 Å². The summed E-state index contributed by atoms with van der Waals surface area (Å²) in [5, 5.41) is 10.4. The van der Waals surface area contributed by atoms with Crippen molar-refractivity contribution in [2.45, 2.75) is 58.2 Å². The molecule has 3 nitrogen and oxygen atoms in total. The largest absolute Gasteiger partial charge is 0.389 e. The highest BCUT2D eigenvalue weighted by atomic mass is 16.3. The van der Waals surface area contributed by atoms with Gasteiger partial charge in [-0.3, -0.25) is 9.80 Å². The Bertz CT molecular complexity index is 265. The van der Waals surface area contributed by atoms with E-state index in [4.69, 9.17) is 0 Å². The number of fused-ring (bicyclic) bond motifs is 1. The number of piperazine rings is 1. The van der Waals surface area contributed by atoms with Crippen LogP contribution in [0.25, 0.3) is 0 Å². The highest BCUT2D eigenvalue weighted by Gasteiger charge is 2.37. The molecule has 0 aromatic carbocycles. The van der Waals surface area contributed by atoms with Crippen molar-refractivity contribution in [3.05, 3.63) is 0 Å². The topological polar surface area (TPSA) is 26.7 Å². The third-order valence-corrected chi connectivity index (χ3v) is 4.83. The molecule has 3 atom stereocenters. The van der Waals surface area contributed by atoms with Crippen LogP contribution in [0.1, 0.15) is 40.5 Å². The number of nitrogens with zero attached hydrogens (tertiary/aromatic N) is 2. The molecule has 17 heavy (non-hydrogen) atoms. The molecular weight excluding hydrogens is 212 g/mol. The zero-order chi connectivity index (χ0) is 12.6. The first-order valence-corrected chi connectivity index (χ1v) is 7.10. The van der Waals surface area contributed by atoms with Gasteiger partial charge in [-0.25, -0.2) is 0 Å². The van der Waals surface area contributed by atoms with Crippen molar-refractivity contribution in [1.29, 1.82) is 0 Å². The number of hydrogen-bond donors (Lipinski definition) is 1. The van der Waals surface area contributed by atoms with Crippen molar-refractivity contribution in [2.24, 2.45) is 5.92 Å². The van der Waals surface area contributed by atoms with E-state index < -0.39 is 5.60 Å². The fourth-order valence-corrected chi connectivity index (χ4v) is 3.06. The van der Waals surface area contributed by atoms with Gasteiger partial charge < -0.3 is 5.11 Å². The van der Waals surface area contributed by atoms with Crippen LogP contribution in [-0.2, 0) is 0 Å². The second-order valence-corrected chi connectivity index (χ2v) is 6.58. The van der Waals surface area contributed by atoms with Crippen molar-refractivity contribution in [3.8, 4) is 0 Å². The van der Waals surface area contributed by atoms with Gasteiger partial charge in [0.1, 0.15) is 0 Å². The lowest BCUT2D eigenvalue weighted by Crippen LogP contribution is -2.58. The molecule has 100 valence electrons. The summed E-state index contributed by atoms with van der Waals surface area (Å²) in [4.78, 5) is 5.12. The second-order valence-electron chi connectivity index (χ2n) is 6.58. The Kier molecular flexibility index (Phi) is 3.81. The number of hydrogen-bond acceptors (Lipinski definition) is 3. The maximum atomic E-state index is 10.4. The molecule has 3 unspecified atom stereocenters. The molecule has 0 aromatic rings. The molecule has 3 heteroatoms. The summed E-state index contributed by atoms with van der Waals surface area (Å²) in [6.45, 7) is 12.9. The molecule has 0 aliphatic carbocycles. The Morgan fingerprint density at radius 2 is 2.06 bits per heavy atom. The van der Waals surface area contributed by atoms with Gasteiger partial charge in [-0.05, 0) is 39.2 Å². The zero-order valence-corrected chi connectivity index (χ0v) is 11.8. The summed E-state index contributed by atoms with van der Waals surface area (Å²) < 4.78 is 0. The van der Waals surface area contributed by atoms with Crippen LogP contribution in [0.5, 0.6) is 0 Å². The van der Waals surface area contributed by atoms with E-state index in [0.717, 1.165) is 19.1 Å². The summed E-state index contributed by atoms with van der Waals surface area (Å²) in [6, 6.07) is 1.32. The van der Waals surface area contributed by atoms with Gasteiger partial charge in [-0.2, -0.15) is 0 Å². The quantitative estimate of drug-likeness (QED) is 0.811. The van der Waals surface area contributed by atoms with E-state index in [-0.39, 0.29) is 0 Å². The Morgan fingerprint density at radius 1 is 1.35 bits per heavy atom.